The largest absolute Gasteiger partial charge is 0.496 e. The number of hydrogen-bond acceptors (Lipinski definition) is 5. The molecule has 7 heteroatoms. The van der Waals surface area contributed by atoms with Crippen molar-refractivity contribution in [3.05, 3.63) is 53.1 Å². The third-order valence-corrected chi connectivity index (χ3v) is 5.66. The molecule has 1 atom stereocenters. The number of aliphatic hydroxyl groups excluding tert-OH is 1. The van der Waals surface area contributed by atoms with Crippen molar-refractivity contribution in [1.82, 2.24) is 4.72 Å². The number of nitrogens with one attached hydrogen (secondary N) is 1. The van der Waals surface area contributed by atoms with Crippen LogP contribution in [0.2, 0.25) is 0 Å². The summed E-state index contributed by atoms with van der Waals surface area (Å²) in [6, 6.07) is 10.1. The second kappa shape index (κ2) is 7.03. The van der Waals surface area contributed by atoms with Crippen LogP contribution in [0.5, 0.6) is 11.5 Å². The molecule has 0 saturated carbocycles. The first-order chi connectivity index (χ1) is 11.9. The van der Waals surface area contributed by atoms with Crippen LogP contribution >= 0.6 is 0 Å². The highest BCUT2D eigenvalue weighted by Gasteiger charge is 2.19. The highest BCUT2D eigenvalue weighted by atomic mass is 32.2. The monoisotopic (exact) mass is 363 g/mol. The molecule has 1 aliphatic rings. The third-order valence-electron chi connectivity index (χ3n) is 4.24. The summed E-state index contributed by atoms with van der Waals surface area (Å²) in [5.74, 6) is 1.45. The summed E-state index contributed by atoms with van der Waals surface area (Å²) in [4.78, 5) is 0.139. The van der Waals surface area contributed by atoms with Gasteiger partial charge in [-0.1, -0.05) is 6.07 Å². The lowest BCUT2D eigenvalue weighted by molar-refractivity contribution is 0.182. The van der Waals surface area contributed by atoms with Gasteiger partial charge in [0.15, 0.2) is 0 Å². The second-order valence-corrected chi connectivity index (χ2v) is 7.73. The SMILES string of the molecule is COc1ccc(S(=O)(=O)NCC(O)c2ccc3c(c2)CCO3)cc1C. The van der Waals surface area contributed by atoms with Gasteiger partial charge in [0.25, 0.3) is 0 Å². The average molecular weight is 363 g/mol. The smallest absolute Gasteiger partial charge is 0.240 e. The number of fused-ring (bicyclic) bond motifs is 1. The Labute approximate surface area is 147 Å². The van der Waals surface area contributed by atoms with Crippen LogP contribution in [-0.4, -0.2) is 33.8 Å². The minimum absolute atomic E-state index is 0.104. The van der Waals surface area contributed by atoms with Crippen molar-refractivity contribution in [3.63, 3.8) is 0 Å². The Bertz CT molecular complexity index is 879. The minimum Gasteiger partial charge on any atom is -0.496 e. The Kier molecular flexibility index (Phi) is 4.99. The van der Waals surface area contributed by atoms with E-state index in [-0.39, 0.29) is 11.4 Å². The maximum absolute atomic E-state index is 12.4. The van der Waals surface area contributed by atoms with Crippen molar-refractivity contribution in [2.75, 3.05) is 20.3 Å². The van der Waals surface area contributed by atoms with Crippen LogP contribution in [0.3, 0.4) is 0 Å². The van der Waals surface area contributed by atoms with Crippen LogP contribution in [0.1, 0.15) is 22.8 Å². The van der Waals surface area contributed by atoms with E-state index in [1.807, 2.05) is 12.1 Å². The van der Waals surface area contributed by atoms with Gasteiger partial charge in [0.05, 0.1) is 24.7 Å². The van der Waals surface area contributed by atoms with Gasteiger partial charge in [0, 0.05) is 13.0 Å². The standard InChI is InChI=1S/C18H21NO5S/c1-12-9-15(4-6-17(12)23-2)25(21,22)19-11-16(20)13-3-5-18-14(10-13)7-8-24-18/h3-6,9-10,16,19-20H,7-8,11H2,1-2H3. The van der Waals surface area contributed by atoms with Crippen molar-refractivity contribution in [2.24, 2.45) is 0 Å². The maximum Gasteiger partial charge on any atom is 0.240 e. The zero-order valence-corrected chi connectivity index (χ0v) is 15.0. The molecule has 0 fully saturated rings. The highest BCUT2D eigenvalue weighted by molar-refractivity contribution is 7.89. The molecule has 3 rings (SSSR count). The molecule has 0 saturated heterocycles. The van der Waals surface area contributed by atoms with Crippen molar-refractivity contribution in [3.8, 4) is 11.5 Å². The molecular weight excluding hydrogens is 342 g/mol. The van der Waals surface area contributed by atoms with E-state index in [0.29, 0.717) is 17.9 Å². The second-order valence-electron chi connectivity index (χ2n) is 5.96. The van der Waals surface area contributed by atoms with Gasteiger partial charge in [0.1, 0.15) is 11.5 Å². The summed E-state index contributed by atoms with van der Waals surface area (Å²) >= 11 is 0. The molecule has 25 heavy (non-hydrogen) atoms. The Morgan fingerprint density at radius 3 is 2.80 bits per heavy atom. The predicted octanol–water partition coefficient (Wildman–Crippen LogP) is 1.95. The van der Waals surface area contributed by atoms with Crippen LogP contribution in [0.15, 0.2) is 41.3 Å². The summed E-state index contributed by atoms with van der Waals surface area (Å²) in [7, 11) is -2.18. The summed E-state index contributed by atoms with van der Waals surface area (Å²) in [5, 5.41) is 10.3. The van der Waals surface area contributed by atoms with Gasteiger partial charge in [-0.05, 0) is 53.9 Å². The number of sulfonamides is 1. The topological polar surface area (TPSA) is 84.9 Å². The molecule has 0 aliphatic carbocycles. The fourth-order valence-electron chi connectivity index (χ4n) is 2.82. The highest BCUT2D eigenvalue weighted by Crippen LogP contribution is 2.28. The van der Waals surface area contributed by atoms with Crippen LogP contribution in [0, 0.1) is 6.92 Å². The van der Waals surface area contributed by atoms with E-state index in [1.54, 1.807) is 25.1 Å². The molecule has 0 aromatic heterocycles. The molecule has 2 aromatic carbocycles. The number of hydrogen-bond donors (Lipinski definition) is 2. The van der Waals surface area contributed by atoms with Gasteiger partial charge in [0.2, 0.25) is 10.0 Å². The van der Waals surface area contributed by atoms with Crippen molar-refractivity contribution >= 4 is 10.0 Å². The molecular formula is C18H21NO5S. The molecule has 0 spiro atoms. The molecule has 134 valence electrons. The van der Waals surface area contributed by atoms with Crippen LogP contribution in [0.25, 0.3) is 0 Å². The lowest BCUT2D eigenvalue weighted by Crippen LogP contribution is -2.28. The van der Waals surface area contributed by atoms with Crippen molar-refractivity contribution in [1.29, 1.82) is 0 Å². The molecule has 2 N–H and O–H groups in total. The van der Waals surface area contributed by atoms with Crippen molar-refractivity contribution in [2.45, 2.75) is 24.3 Å². The summed E-state index contributed by atoms with van der Waals surface area (Å²) in [5.41, 5.74) is 2.42. The van der Waals surface area contributed by atoms with Gasteiger partial charge in [-0.3, -0.25) is 0 Å². The van der Waals surface area contributed by atoms with E-state index in [2.05, 4.69) is 4.72 Å². The number of ether oxygens (including phenoxy) is 2. The Hall–Kier alpha value is -2.09. The van der Waals surface area contributed by atoms with Gasteiger partial charge in [-0.2, -0.15) is 0 Å². The van der Waals surface area contributed by atoms with Gasteiger partial charge >= 0.3 is 0 Å². The van der Waals surface area contributed by atoms with E-state index >= 15 is 0 Å². The maximum atomic E-state index is 12.4. The first-order valence-electron chi connectivity index (χ1n) is 7.99. The molecule has 0 bridgehead atoms. The molecule has 2 aromatic rings. The normalized spacial score (nSPS) is 14.7. The zero-order valence-electron chi connectivity index (χ0n) is 14.2. The molecule has 0 radical (unpaired) electrons. The number of methoxy groups -OCH3 is 1. The summed E-state index contributed by atoms with van der Waals surface area (Å²) in [6.07, 6.45) is -0.132. The zero-order chi connectivity index (χ0) is 18.0. The fourth-order valence-corrected chi connectivity index (χ4v) is 3.94. The molecule has 0 amide bonds. The summed E-state index contributed by atoms with van der Waals surface area (Å²) in [6.45, 7) is 2.31. The molecule has 6 nitrogen and oxygen atoms in total. The van der Waals surface area contributed by atoms with Gasteiger partial charge in [-0.15, -0.1) is 0 Å². The Balaban J connectivity index is 1.70. The first-order valence-corrected chi connectivity index (χ1v) is 9.47. The number of benzene rings is 2. The molecule has 1 aliphatic heterocycles. The fraction of sp³-hybridized carbons (Fsp3) is 0.333. The third kappa shape index (κ3) is 3.78. The van der Waals surface area contributed by atoms with Crippen LogP contribution in [-0.2, 0) is 16.4 Å². The van der Waals surface area contributed by atoms with E-state index in [9.17, 15) is 13.5 Å². The van der Waals surface area contributed by atoms with E-state index in [0.717, 1.165) is 23.3 Å². The Morgan fingerprint density at radius 1 is 1.28 bits per heavy atom. The lowest BCUT2D eigenvalue weighted by Gasteiger charge is -2.14. The number of aliphatic hydroxyl groups is 1. The lowest BCUT2D eigenvalue weighted by atomic mass is 10.0. The quantitative estimate of drug-likeness (QED) is 0.819. The number of rotatable bonds is 6. The van der Waals surface area contributed by atoms with Crippen molar-refractivity contribution < 1.29 is 23.0 Å². The van der Waals surface area contributed by atoms with E-state index < -0.39 is 16.1 Å². The molecule has 1 unspecified atom stereocenters. The van der Waals surface area contributed by atoms with Crippen LogP contribution in [0.4, 0.5) is 0 Å². The van der Waals surface area contributed by atoms with Gasteiger partial charge < -0.3 is 14.6 Å². The average Bonchev–Trinajstić information content (AvgIpc) is 3.07. The van der Waals surface area contributed by atoms with Crippen LogP contribution < -0.4 is 14.2 Å². The predicted molar refractivity (Wildman–Crippen MR) is 93.5 cm³/mol. The van der Waals surface area contributed by atoms with Gasteiger partial charge in [-0.25, -0.2) is 13.1 Å². The number of aryl methyl sites for hydroxylation is 1. The van der Waals surface area contributed by atoms with E-state index in [4.69, 9.17) is 9.47 Å². The van der Waals surface area contributed by atoms with E-state index in [1.165, 1.54) is 13.2 Å². The molecule has 1 heterocycles. The first kappa shape index (κ1) is 17.7. The Morgan fingerprint density at radius 2 is 2.08 bits per heavy atom. The minimum atomic E-state index is -3.71. The summed E-state index contributed by atoms with van der Waals surface area (Å²) < 4.78 is 37.9.